The average molecular weight is 291 g/mol. The Balaban J connectivity index is 1.85. The minimum Gasteiger partial charge on any atom is -0.493 e. The van der Waals surface area contributed by atoms with Crippen LogP contribution in [0.5, 0.6) is 11.5 Å². The summed E-state index contributed by atoms with van der Waals surface area (Å²) < 4.78 is 21.1. The minimum atomic E-state index is 0.517. The summed E-state index contributed by atoms with van der Waals surface area (Å²) in [5.41, 5.74) is 0.816. The van der Waals surface area contributed by atoms with Gasteiger partial charge in [0.25, 0.3) is 0 Å². The number of hydrogen-bond donors (Lipinski definition) is 0. The first-order valence-corrected chi connectivity index (χ1v) is 6.70. The second kappa shape index (κ2) is 6.01. The molecule has 1 aliphatic rings. The lowest BCUT2D eigenvalue weighted by molar-refractivity contribution is 0.119. The minimum absolute atomic E-state index is 0.517. The lowest BCUT2D eigenvalue weighted by Crippen LogP contribution is -2.36. The topological polar surface area (TPSA) is 69.9 Å². The first-order chi connectivity index (χ1) is 10.3. The number of morpholine rings is 1. The molecular formula is C14H17N3O4. The highest BCUT2D eigenvalue weighted by Crippen LogP contribution is 2.31. The van der Waals surface area contributed by atoms with E-state index < -0.39 is 0 Å². The van der Waals surface area contributed by atoms with Crippen LogP contribution in [0, 0.1) is 0 Å². The number of aromatic nitrogens is 2. The van der Waals surface area contributed by atoms with Gasteiger partial charge in [-0.15, -0.1) is 0 Å². The number of anilines is 1. The van der Waals surface area contributed by atoms with Gasteiger partial charge in [-0.2, -0.15) is 4.98 Å². The first-order valence-electron chi connectivity index (χ1n) is 6.70. The highest BCUT2D eigenvalue weighted by molar-refractivity contribution is 5.61. The fourth-order valence-corrected chi connectivity index (χ4v) is 2.19. The van der Waals surface area contributed by atoms with Gasteiger partial charge in [-0.1, -0.05) is 5.16 Å². The standard InChI is InChI=1S/C14H17N3O4/c1-18-11-4-3-10(9-12(11)19-2)13-15-14(21-16-13)17-5-7-20-8-6-17/h3-4,9H,5-8H2,1-2H3. The van der Waals surface area contributed by atoms with Crippen LogP contribution in [0.3, 0.4) is 0 Å². The van der Waals surface area contributed by atoms with Gasteiger partial charge in [-0.25, -0.2) is 0 Å². The van der Waals surface area contributed by atoms with Crippen LogP contribution < -0.4 is 14.4 Å². The number of rotatable bonds is 4. The quantitative estimate of drug-likeness (QED) is 0.847. The summed E-state index contributed by atoms with van der Waals surface area (Å²) >= 11 is 0. The van der Waals surface area contributed by atoms with Crippen LogP contribution in [-0.2, 0) is 4.74 Å². The fraction of sp³-hybridized carbons (Fsp3) is 0.429. The van der Waals surface area contributed by atoms with Crippen molar-refractivity contribution in [3.63, 3.8) is 0 Å². The van der Waals surface area contributed by atoms with Gasteiger partial charge >= 0.3 is 6.01 Å². The summed E-state index contributed by atoms with van der Waals surface area (Å²) in [6.07, 6.45) is 0. The molecule has 0 aliphatic carbocycles. The Bertz CT molecular complexity index is 608. The summed E-state index contributed by atoms with van der Waals surface area (Å²) in [6, 6.07) is 6.03. The lowest BCUT2D eigenvalue weighted by Gasteiger charge is -2.24. The summed E-state index contributed by atoms with van der Waals surface area (Å²) in [5, 5.41) is 4.03. The van der Waals surface area contributed by atoms with Crippen LogP contribution in [0.25, 0.3) is 11.4 Å². The first kappa shape index (κ1) is 13.7. The molecule has 1 aliphatic heterocycles. The van der Waals surface area contributed by atoms with Gasteiger partial charge in [0.15, 0.2) is 11.5 Å². The Morgan fingerprint density at radius 2 is 1.86 bits per heavy atom. The van der Waals surface area contributed by atoms with Crippen LogP contribution in [0.1, 0.15) is 0 Å². The SMILES string of the molecule is COc1ccc(-c2noc(N3CCOCC3)n2)cc1OC. The van der Waals surface area contributed by atoms with Crippen molar-refractivity contribution in [3.8, 4) is 22.9 Å². The van der Waals surface area contributed by atoms with E-state index >= 15 is 0 Å². The van der Waals surface area contributed by atoms with E-state index in [0.717, 1.165) is 18.7 Å². The Morgan fingerprint density at radius 1 is 1.10 bits per heavy atom. The van der Waals surface area contributed by atoms with E-state index in [1.54, 1.807) is 14.2 Å². The van der Waals surface area contributed by atoms with Crippen molar-refractivity contribution in [1.29, 1.82) is 0 Å². The van der Waals surface area contributed by atoms with E-state index in [-0.39, 0.29) is 0 Å². The molecule has 0 saturated carbocycles. The fourth-order valence-electron chi connectivity index (χ4n) is 2.19. The van der Waals surface area contributed by atoms with E-state index in [0.29, 0.717) is 36.6 Å². The number of methoxy groups -OCH3 is 2. The molecule has 0 bridgehead atoms. The monoisotopic (exact) mass is 291 g/mol. The van der Waals surface area contributed by atoms with Crippen LogP contribution in [-0.4, -0.2) is 50.7 Å². The van der Waals surface area contributed by atoms with Gasteiger partial charge < -0.3 is 23.6 Å². The van der Waals surface area contributed by atoms with E-state index in [2.05, 4.69) is 10.1 Å². The molecule has 112 valence electrons. The maximum Gasteiger partial charge on any atom is 0.324 e. The average Bonchev–Trinajstić information content (AvgIpc) is 3.05. The molecule has 0 amide bonds. The maximum atomic E-state index is 5.33. The highest BCUT2D eigenvalue weighted by atomic mass is 16.5. The zero-order chi connectivity index (χ0) is 14.7. The molecule has 1 fully saturated rings. The van der Waals surface area contributed by atoms with Crippen molar-refractivity contribution in [2.45, 2.75) is 0 Å². The van der Waals surface area contributed by atoms with Crippen molar-refractivity contribution in [2.24, 2.45) is 0 Å². The summed E-state index contributed by atoms with van der Waals surface area (Å²) in [5.74, 6) is 1.82. The number of nitrogens with zero attached hydrogens (tertiary/aromatic N) is 3. The van der Waals surface area contributed by atoms with Crippen molar-refractivity contribution >= 4 is 6.01 Å². The molecule has 0 spiro atoms. The lowest BCUT2D eigenvalue weighted by atomic mass is 10.2. The zero-order valence-electron chi connectivity index (χ0n) is 12.0. The summed E-state index contributed by atoms with van der Waals surface area (Å²) in [6.45, 7) is 2.86. The van der Waals surface area contributed by atoms with Gasteiger partial charge in [0.1, 0.15) is 0 Å². The molecular weight excluding hydrogens is 274 g/mol. The van der Waals surface area contributed by atoms with Crippen molar-refractivity contribution in [3.05, 3.63) is 18.2 Å². The highest BCUT2D eigenvalue weighted by Gasteiger charge is 2.18. The van der Waals surface area contributed by atoms with E-state index in [4.69, 9.17) is 18.7 Å². The Labute approximate surface area is 122 Å². The molecule has 0 N–H and O–H groups in total. The molecule has 7 nitrogen and oxygen atoms in total. The van der Waals surface area contributed by atoms with Gasteiger partial charge in [0.05, 0.1) is 27.4 Å². The predicted molar refractivity (Wildman–Crippen MR) is 75.9 cm³/mol. The second-order valence-electron chi connectivity index (χ2n) is 4.57. The summed E-state index contributed by atoms with van der Waals surface area (Å²) in [7, 11) is 3.19. The zero-order valence-corrected chi connectivity index (χ0v) is 12.0. The number of ether oxygens (including phenoxy) is 3. The molecule has 0 radical (unpaired) electrons. The molecule has 0 atom stereocenters. The third kappa shape index (κ3) is 2.78. The predicted octanol–water partition coefficient (Wildman–Crippen LogP) is 1.59. The molecule has 0 unspecified atom stereocenters. The maximum absolute atomic E-state index is 5.33. The van der Waals surface area contributed by atoms with Crippen LogP contribution in [0.4, 0.5) is 6.01 Å². The van der Waals surface area contributed by atoms with Crippen molar-refractivity contribution < 1.29 is 18.7 Å². The van der Waals surface area contributed by atoms with Crippen LogP contribution >= 0.6 is 0 Å². The molecule has 7 heteroatoms. The van der Waals surface area contributed by atoms with E-state index in [9.17, 15) is 0 Å². The normalized spacial score (nSPS) is 15.0. The Kier molecular flexibility index (Phi) is 3.92. The molecule has 1 aromatic heterocycles. The van der Waals surface area contributed by atoms with Gasteiger partial charge in [0.2, 0.25) is 5.82 Å². The van der Waals surface area contributed by atoms with E-state index in [1.807, 2.05) is 23.1 Å². The molecule has 3 rings (SSSR count). The molecule has 2 aromatic rings. The molecule has 21 heavy (non-hydrogen) atoms. The molecule has 1 aromatic carbocycles. The Morgan fingerprint density at radius 3 is 2.57 bits per heavy atom. The molecule has 2 heterocycles. The summed E-state index contributed by atoms with van der Waals surface area (Å²) in [4.78, 5) is 6.45. The van der Waals surface area contributed by atoms with Gasteiger partial charge in [0, 0.05) is 18.7 Å². The number of benzene rings is 1. The van der Waals surface area contributed by atoms with E-state index in [1.165, 1.54) is 0 Å². The third-order valence-electron chi connectivity index (χ3n) is 3.34. The van der Waals surface area contributed by atoms with Crippen molar-refractivity contribution in [2.75, 3.05) is 45.4 Å². The van der Waals surface area contributed by atoms with Crippen LogP contribution in [0.2, 0.25) is 0 Å². The largest absolute Gasteiger partial charge is 0.493 e. The molecule has 1 saturated heterocycles. The smallest absolute Gasteiger partial charge is 0.324 e. The second-order valence-corrected chi connectivity index (χ2v) is 4.57. The van der Waals surface area contributed by atoms with Crippen molar-refractivity contribution in [1.82, 2.24) is 10.1 Å². The third-order valence-corrected chi connectivity index (χ3v) is 3.34. The Hall–Kier alpha value is -2.28. The van der Waals surface area contributed by atoms with Gasteiger partial charge in [-0.05, 0) is 18.2 Å². The van der Waals surface area contributed by atoms with Gasteiger partial charge in [-0.3, -0.25) is 0 Å². The number of hydrogen-bond acceptors (Lipinski definition) is 7. The van der Waals surface area contributed by atoms with Crippen LogP contribution in [0.15, 0.2) is 22.7 Å².